The number of nitrogens with one attached hydrogen (secondary N) is 1. The Labute approximate surface area is 163 Å². The highest BCUT2D eigenvalue weighted by molar-refractivity contribution is 6.05. The zero-order valence-electron chi connectivity index (χ0n) is 15.9. The number of hydrogen-bond donors (Lipinski definition) is 1. The number of anilines is 1. The third-order valence-corrected chi connectivity index (χ3v) is 5.54. The summed E-state index contributed by atoms with van der Waals surface area (Å²) in [5, 5.41) is 2.60. The molecule has 1 aromatic heterocycles. The quantitative estimate of drug-likeness (QED) is 0.879. The Bertz CT molecular complexity index is 885. The van der Waals surface area contributed by atoms with Crippen LogP contribution in [0.4, 0.5) is 10.1 Å². The molecule has 0 atom stereocenters. The molecule has 0 radical (unpaired) electrons. The van der Waals surface area contributed by atoms with E-state index in [9.17, 15) is 14.0 Å². The van der Waals surface area contributed by atoms with E-state index < -0.39 is 11.7 Å². The molecule has 0 aliphatic carbocycles. The van der Waals surface area contributed by atoms with Crippen LogP contribution in [-0.4, -0.2) is 39.4 Å². The van der Waals surface area contributed by atoms with Gasteiger partial charge in [-0.3, -0.25) is 9.59 Å². The van der Waals surface area contributed by atoms with Crippen molar-refractivity contribution in [2.24, 2.45) is 0 Å². The van der Waals surface area contributed by atoms with Crippen LogP contribution in [0.2, 0.25) is 0 Å². The van der Waals surface area contributed by atoms with E-state index in [1.807, 2.05) is 9.47 Å². The molecule has 7 heteroatoms. The summed E-state index contributed by atoms with van der Waals surface area (Å²) in [6.45, 7) is 2.15. The van der Waals surface area contributed by atoms with Gasteiger partial charge >= 0.3 is 0 Å². The van der Waals surface area contributed by atoms with Gasteiger partial charge in [0.05, 0.1) is 11.4 Å². The third-order valence-electron chi connectivity index (χ3n) is 5.54. The molecule has 0 bridgehead atoms. The van der Waals surface area contributed by atoms with Crippen LogP contribution >= 0.6 is 0 Å². The largest absolute Gasteiger partial charge is 0.336 e. The Hall–Kier alpha value is -2.70. The smallest absolute Gasteiger partial charge is 0.289 e. The van der Waals surface area contributed by atoms with E-state index in [1.54, 1.807) is 12.1 Å². The fraction of sp³-hybridized carbons (Fsp3) is 0.476. The minimum absolute atomic E-state index is 0.102. The van der Waals surface area contributed by atoms with Crippen LogP contribution in [-0.2, 0) is 13.0 Å². The first-order valence-electron chi connectivity index (χ1n) is 10.1. The molecule has 4 rings (SSSR count). The summed E-state index contributed by atoms with van der Waals surface area (Å²) in [6, 6.07) is 6.04. The minimum atomic E-state index is -0.496. The van der Waals surface area contributed by atoms with Crippen LogP contribution in [0.5, 0.6) is 0 Å². The van der Waals surface area contributed by atoms with Gasteiger partial charge in [-0.05, 0) is 44.2 Å². The topological polar surface area (TPSA) is 67.2 Å². The van der Waals surface area contributed by atoms with Crippen molar-refractivity contribution in [3.05, 3.63) is 47.3 Å². The van der Waals surface area contributed by atoms with E-state index in [4.69, 9.17) is 0 Å². The van der Waals surface area contributed by atoms with Gasteiger partial charge in [0, 0.05) is 19.6 Å². The number of likely N-dealkylation sites (tertiary alicyclic amines) is 1. The van der Waals surface area contributed by atoms with Crippen molar-refractivity contribution in [3.8, 4) is 0 Å². The van der Waals surface area contributed by atoms with E-state index in [-0.39, 0.29) is 17.3 Å². The molecule has 3 heterocycles. The molecule has 0 spiro atoms. The highest BCUT2D eigenvalue weighted by Gasteiger charge is 2.30. The van der Waals surface area contributed by atoms with Gasteiger partial charge in [-0.2, -0.15) is 0 Å². The number of aromatic nitrogens is 2. The first-order chi connectivity index (χ1) is 13.6. The first-order valence-corrected chi connectivity index (χ1v) is 10.1. The summed E-state index contributed by atoms with van der Waals surface area (Å²) >= 11 is 0. The van der Waals surface area contributed by atoms with Crippen LogP contribution in [0.1, 0.15) is 65.3 Å². The Morgan fingerprint density at radius 3 is 2.43 bits per heavy atom. The lowest BCUT2D eigenvalue weighted by Gasteiger charge is -2.22. The second-order valence-electron chi connectivity index (χ2n) is 7.48. The number of nitrogens with zero attached hydrogens (tertiary/aromatic N) is 3. The molecular weight excluding hydrogens is 359 g/mol. The number of carbonyl (C=O) groups excluding carboxylic acids is 2. The van der Waals surface area contributed by atoms with Crippen molar-refractivity contribution in [2.45, 2.75) is 51.5 Å². The minimum Gasteiger partial charge on any atom is -0.336 e. The second-order valence-corrected chi connectivity index (χ2v) is 7.48. The van der Waals surface area contributed by atoms with Crippen LogP contribution in [0, 0.1) is 5.82 Å². The summed E-state index contributed by atoms with van der Waals surface area (Å²) in [6.07, 6.45) is 6.88. The van der Waals surface area contributed by atoms with E-state index >= 15 is 0 Å². The number of benzene rings is 1. The monoisotopic (exact) mass is 384 g/mol. The van der Waals surface area contributed by atoms with Gasteiger partial charge in [0.25, 0.3) is 11.8 Å². The summed E-state index contributed by atoms with van der Waals surface area (Å²) in [5.74, 6) is -0.722. The lowest BCUT2D eigenvalue weighted by Crippen LogP contribution is -2.34. The van der Waals surface area contributed by atoms with Crippen molar-refractivity contribution in [1.29, 1.82) is 0 Å². The molecule has 1 fully saturated rings. The molecule has 2 aromatic rings. The van der Waals surface area contributed by atoms with Gasteiger partial charge in [-0.1, -0.05) is 25.0 Å². The summed E-state index contributed by atoms with van der Waals surface area (Å²) < 4.78 is 15.8. The molecule has 28 heavy (non-hydrogen) atoms. The molecule has 0 saturated carbocycles. The molecule has 1 N–H and O–H groups in total. The summed E-state index contributed by atoms with van der Waals surface area (Å²) in [4.78, 5) is 32.3. The molecule has 148 valence electrons. The van der Waals surface area contributed by atoms with Crippen LogP contribution < -0.4 is 5.32 Å². The average Bonchev–Trinajstić information content (AvgIpc) is 2.89. The molecule has 0 unspecified atom stereocenters. The highest BCUT2D eigenvalue weighted by atomic mass is 19.1. The first kappa shape index (κ1) is 18.7. The van der Waals surface area contributed by atoms with Crippen molar-refractivity contribution in [2.75, 3.05) is 18.4 Å². The van der Waals surface area contributed by atoms with Gasteiger partial charge < -0.3 is 14.8 Å². The molecule has 1 aromatic carbocycles. The molecule has 1 saturated heterocycles. The Morgan fingerprint density at radius 1 is 0.964 bits per heavy atom. The van der Waals surface area contributed by atoms with Crippen molar-refractivity contribution < 1.29 is 14.0 Å². The van der Waals surface area contributed by atoms with Gasteiger partial charge in [-0.25, -0.2) is 9.37 Å². The van der Waals surface area contributed by atoms with E-state index in [2.05, 4.69) is 10.3 Å². The Balaban J connectivity index is 1.64. The number of carbonyl (C=O) groups is 2. The normalized spacial score (nSPS) is 17.0. The summed E-state index contributed by atoms with van der Waals surface area (Å²) in [5.41, 5.74) is 1.13. The molecule has 2 aliphatic rings. The van der Waals surface area contributed by atoms with Gasteiger partial charge in [0.15, 0.2) is 11.5 Å². The average molecular weight is 384 g/mol. The maximum atomic E-state index is 13.9. The number of para-hydroxylation sites is 1. The molecule has 2 aliphatic heterocycles. The zero-order valence-corrected chi connectivity index (χ0v) is 15.9. The number of imidazole rings is 1. The van der Waals surface area contributed by atoms with Gasteiger partial charge in [0.2, 0.25) is 0 Å². The standard InChI is InChI=1S/C21H25FN4O2/c22-15-9-3-4-10-16(15)23-20(27)18-17-11-5-8-14-26(17)19(24-18)21(28)25-12-6-1-2-7-13-25/h3-4,9-10H,1-2,5-8,11-14H2,(H,23,27). The van der Waals surface area contributed by atoms with Gasteiger partial charge in [0.1, 0.15) is 5.82 Å². The van der Waals surface area contributed by atoms with Crippen LogP contribution in [0.15, 0.2) is 24.3 Å². The number of fused-ring (bicyclic) bond motifs is 1. The number of amides is 2. The predicted octanol–water partition coefficient (Wildman–Crippen LogP) is 3.63. The fourth-order valence-electron chi connectivity index (χ4n) is 4.05. The lowest BCUT2D eigenvalue weighted by atomic mass is 10.1. The zero-order chi connectivity index (χ0) is 19.5. The van der Waals surface area contributed by atoms with Crippen molar-refractivity contribution >= 4 is 17.5 Å². The van der Waals surface area contributed by atoms with E-state index in [1.165, 1.54) is 12.1 Å². The maximum absolute atomic E-state index is 13.9. The van der Waals surface area contributed by atoms with E-state index in [0.717, 1.165) is 57.3 Å². The number of halogens is 1. The van der Waals surface area contributed by atoms with Crippen molar-refractivity contribution in [3.63, 3.8) is 0 Å². The number of rotatable bonds is 3. The van der Waals surface area contributed by atoms with Gasteiger partial charge in [-0.15, -0.1) is 0 Å². The third kappa shape index (κ3) is 3.66. The Morgan fingerprint density at radius 2 is 1.68 bits per heavy atom. The second kappa shape index (κ2) is 8.12. The molecular formula is C21H25FN4O2. The summed E-state index contributed by atoms with van der Waals surface area (Å²) in [7, 11) is 0. The molecule has 6 nitrogen and oxygen atoms in total. The van der Waals surface area contributed by atoms with Crippen LogP contribution in [0.3, 0.4) is 0 Å². The fourth-order valence-corrected chi connectivity index (χ4v) is 4.05. The highest BCUT2D eigenvalue weighted by Crippen LogP contribution is 2.24. The Kier molecular flexibility index (Phi) is 5.41. The SMILES string of the molecule is O=C(Nc1ccccc1F)c1nc(C(=O)N2CCCCCC2)n2c1CCCC2. The van der Waals surface area contributed by atoms with Crippen LogP contribution in [0.25, 0.3) is 0 Å². The maximum Gasteiger partial charge on any atom is 0.289 e. The number of hydrogen-bond acceptors (Lipinski definition) is 3. The predicted molar refractivity (Wildman–Crippen MR) is 104 cm³/mol. The van der Waals surface area contributed by atoms with Crippen molar-refractivity contribution in [1.82, 2.24) is 14.5 Å². The molecule has 2 amide bonds. The lowest BCUT2D eigenvalue weighted by molar-refractivity contribution is 0.0743. The van der Waals surface area contributed by atoms with E-state index in [0.29, 0.717) is 18.8 Å².